The summed E-state index contributed by atoms with van der Waals surface area (Å²) >= 11 is 8.09. The van der Waals surface area contributed by atoms with E-state index in [2.05, 4.69) is 32.9 Å². The molecule has 1 amide bonds. The van der Waals surface area contributed by atoms with Crippen LogP contribution in [-0.4, -0.2) is 10.9 Å². The number of amides is 1. The van der Waals surface area contributed by atoms with Crippen molar-refractivity contribution in [1.29, 1.82) is 0 Å². The molecule has 0 bridgehead atoms. The van der Waals surface area contributed by atoms with Gasteiger partial charge in [-0.2, -0.15) is 0 Å². The van der Waals surface area contributed by atoms with Crippen molar-refractivity contribution in [1.82, 2.24) is 4.98 Å². The molecule has 5 heteroatoms. The number of anilines is 1. The zero-order valence-corrected chi connectivity index (χ0v) is 13.7. The van der Waals surface area contributed by atoms with Crippen LogP contribution in [0.1, 0.15) is 10.4 Å². The van der Waals surface area contributed by atoms with Crippen LogP contribution in [0, 0.1) is 3.57 Å². The molecule has 0 atom stereocenters. The Balaban J connectivity index is 1.99. The molecule has 0 unspecified atom stereocenters. The minimum Gasteiger partial charge on any atom is -0.321 e. The van der Waals surface area contributed by atoms with Gasteiger partial charge in [-0.3, -0.25) is 9.78 Å². The number of nitrogens with one attached hydrogen (secondary N) is 1. The number of pyridine rings is 1. The number of rotatable bonds is 2. The van der Waals surface area contributed by atoms with Crippen LogP contribution in [0.4, 0.5) is 5.69 Å². The molecule has 0 saturated heterocycles. The average Bonchev–Trinajstić information content (AvgIpc) is 2.50. The molecule has 0 aliphatic carbocycles. The smallest absolute Gasteiger partial charge is 0.256 e. The van der Waals surface area contributed by atoms with Crippen LogP contribution < -0.4 is 5.32 Å². The minimum absolute atomic E-state index is 0.182. The molecule has 0 aliphatic rings. The lowest BCUT2D eigenvalue weighted by Gasteiger charge is -2.09. The summed E-state index contributed by atoms with van der Waals surface area (Å²) in [5.41, 5.74) is 2.14. The van der Waals surface area contributed by atoms with Gasteiger partial charge in [-0.1, -0.05) is 17.7 Å². The van der Waals surface area contributed by atoms with E-state index in [-0.39, 0.29) is 5.91 Å². The number of halogens is 2. The number of aromatic nitrogens is 1. The zero-order valence-electron chi connectivity index (χ0n) is 10.8. The second kappa shape index (κ2) is 5.99. The Morgan fingerprint density at radius 1 is 1.14 bits per heavy atom. The van der Waals surface area contributed by atoms with Crippen molar-refractivity contribution >= 4 is 56.7 Å². The largest absolute Gasteiger partial charge is 0.321 e. The van der Waals surface area contributed by atoms with Crippen LogP contribution in [0.3, 0.4) is 0 Å². The molecule has 0 aliphatic heterocycles. The van der Waals surface area contributed by atoms with Crippen LogP contribution in [0.5, 0.6) is 0 Å². The van der Waals surface area contributed by atoms with Gasteiger partial charge in [-0.15, -0.1) is 0 Å². The van der Waals surface area contributed by atoms with Crippen LogP contribution >= 0.6 is 34.2 Å². The monoisotopic (exact) mass is 408 g/mol. The molecule has 3 aromatic rings. The standard InChI is InChI=1S/C16H10ClIN2O/c17-10-6-7-13(18)12(9-10)16(21)20-15-5-1-4-14-11(15)3-2-8-19-14/h1-9H,(H,20,21). The molecule has 0 fully saturated rings. The number of fused-ring (bicyclic) bond motifs is 1. The fraction of sp³-hybridized carbons (Fsp3) is 0. The van der Waals surface area contributed by atoms with Gasteiger partial charge in [-0.05, 0) is 65.1 Å². The van der Waals surface area contributed by atoms with Crippen molar-refractivity contribution in [2.75, 3.05) is 5.32 Å². The maximum absolute atomic E-state index is 12.4. The fourth-order valence-corrected chi connectivity index (χ4v) is 2.83. The predicted molar refractivity (Wildman–Crippen MR) is 93.9 cm³/mol. The van der Waals surface area contributed by atoms with E-state index >= 15 is 0 Å². The summed E-state index contributed by atoms with van der Waals surface area (Å²) in [5, 5.41) is 4.38. The second-order valence-corrected chi connectivity index (χ2v) is 6.05. The summed E-state index contributed by atoms with van der Waals surface area (Å²) in [6.45, 7) is 0. The highest BCUT2D eigenvalue weighted by atomic mass is 127. The predicted octanol–water partition coefficient (Wildman–Crippen LogP) is 4.75. The second-order valence-electron chi connectivity index (χ2n) is 4.45. The first kappa shape index (κ1) is 14.3. The van der Waals surface area contributed by atoms with Crippen molar-refractivity contribution in [3.8, 4) is 0 Å². The van der Waals surface area contributed by atoms with Gasteiger partial charge in [0.05, 0.1) is 16.8 Å². The SMILES string of the molecule is O=C(Nc1cccc2ncccc12)c1cc(Cl)ccc1I. The zero-order chi connectivity index (χ0) is 14.8. The van der Waals surface area contributed by atoms with E-state index in [4.69, 9.17) is 11.6 Å². The highest BCUT2D eigenvalue weighted by molar-refractivity contribution is 14.1. The molecule has 3 nitrogen and oxygen atoms in total. The quantitative estimate of drug-likeness (QED) is 0.622. The van der Waals surface area contributed by atoms with Gasteiger partial charge in [0.2, 0.25) is 0 Å². The summed E-state index contributed by atoms with van der Waals surface area (Å²) in [5.74, 6) is -0.182. The average molecular weight is 409 g/mol. The van der Waals surface area contributed by atoms with Crippen LogP contribution in [-0.2, 0) is 0 Å². The summed E-state index contributed by atoms with van der Waals surface area (Å²) < 4.78 is 0.855. The van der Waals surface area contributed by atoms with E-state index in [1.165, 1.54) is 0 Å². The topological polar surface area (TPSA) is 42.0 Å². The molecular weight excluding hydrogens is 399 g/mol. The summed E-state index contributed by atoms with van der Waals surface area (Å²) in [6, 6.07) is 14.7. The third-order valence-electron chi connectivity index (χ3n) is 3.07. The van der Waals surface area contributed by atoms with Crippen molar-refractivity contribution in [3.05, 3.63) is 68.9 Å². The first-order valence-electron chi connectivity index (χ1n) is 6.25. The molecule has 21 heavy (non-hydrogen) atoms. The van der Waals surface area contributed by atoms with Crippen LogP contribution in [0.15, 0.2) is 54.7 Å². The van der Waals surface area contributed by atoms with E-state index in [0.717, 1.165) is 20.2 Å². The highest BCUT2D eigenvalue weighted by Crippen LogP contribution is 2.24. The molecule has 1 aromatic heterocycles. The Morgan fingerprint density at radius 3 is 2.86 bits per heavy atom. The molecular formula is C16H10ClIN2O. The number of hydrogen-bond acceptors (Lipinski definition) is 2. The third-order valence-corrected chi connectivity index (χ3v) is 4.24. The summed E-state index contributed by atoms with van der Waals surface area (Å²) in [7, 11) is 0. The van der Waals surface area contributed by atoms with Gasteiger partial charge in [0, 0.05) is 20.2 Å². The molecule has 2 aromatic carbocycles. The Kier molecular flexibility index (Phi) is 4.07. The Morgan fingerprint density at radius 2 is 2.00 bits per heavy atom. The van der Waals surface area contributed by atoms with Crippen molar-refractivity contribution in [3.63, 3.8) is 0 Å². The van der Waals surface area contributed by atoms with Crippen molar-refractivity contribution in [2.24, 2.45) is 0 Å². The first-order valence-corrected chi connectivity index (χ1v) is 7.71. The maximum Gasteiger partial charge on any atom is 0.256 e. The van der Waals surface area contributed by atoms with Gasteiger partial charge in [0.15, 0.2) is 0 Å². The number of hydrogen-bond donors (Lipinski definition) is 1. The Labute approximate surface area is 140 Å². The lowest BCUT2D eigenvalue weighted by molar-refractivity contribution is 0.102. The molecule has 1 N–H and O–H groups in total. The molecule has 3 rings (SSSR count). The molecule has 104 valence electrons. The lowest BCUT2D eigenvalue weighted by atomic mass is 10.1. The molecule has 0 saturated carbocycles. The van der Waals surface area contributed by atoms with Crippen LogP contribution in [0.2, 0.25) is 5.02 Å². The fourth-order valence-electron chi connectivity index (χ4n) is 2.07. The number of carbonyl (C=O) groups excluding carboxylic acids is 1. The first-order chi connectivity index (χ1) is 10.1. The Hall–Kier alpha value is -1.66. The molecule has 1 heterocycles. The third kappa shape index (κ3) is 3.01. The van der Waals surface area contributed by atoms with Gasteiger partial charge < -0.3 is 5.32 Å². The van der Waals surface area contributed by atoms with Crippen LogP contribution in [0.25, 0.3) is 10.9 Å². The Bertz CT molecular complexity index is 830. The van der Waals surface area contributed by atoms with Gasteiger partial charge in [0.25, 0.3) is 5.91 Å². The maximum atomic E-state index is 12.4. The van der Waals surface area contributed by atoms with E-state index in [1.807, 2.05) is 36.4 Å². The lowest BCUT2D eigenvalue weighted by Crippen LogP contribution is -2.13. The minimum atomic E-state index is -0.182. The highest BCUT2D eigenvalue weighted by Gasteiger charge is 2.12. The normalized spacial score (nSPS) is 10.6. The molecule has 0 spiro atoms. The van der Waals surface area contributed by atoms with E-state index < -0.39 is 0 Å². The number of nitrogens with zero attached hydrogens (tertiary/aromatic N) is 1. The van der Waals surface area contributed by atoms with Gasteiger partial charge >= 0.3 is 0 Å². The van der Waals surface area contributed by atoms with E-state index in [9.17, 15) is 4.79 Å². The number of benzene rings is 2. The van der Waals surface area contributed by atoms with E-state index in [0.29, 0.717) is 10.6 Å². The van der Waals surface area contributed by atoms with Crippen molar-refractivity contribution < 1.29 is 4.79 Å². The number of carbonyl (C=O) groups is 1. The van der Waals surface area contributed by atoms with E-state index in [1.54, 1.807) is 18.3 Å². The van der Waals surface area contributed by atoms with Gasteiger partial charge in [-0.25, -0.2) is 0 Å². The molecule has 0 radical (unpaired) electrons. The van der Waals surface area contributed by atoms with Crippen molar-refractivity contribution in [2.45, 2.75) is 0 Å². The summed E-state index contributed by atoms with van der Waals surface area (Å²) in [4.78, 5) is 16.7. The van der Waals surface area contributed by atoms with Gasteiger partial charge in [0.1, 0.15) is 0 Å². The summed E-state index contributed by atoms with van der Waals surface area (Å²) in [6.07, 6.45) is 1.73.